The Morgan fingerprint density at radius 1 is 1.29 bits per heavy atom. The number of carbonyl (C=O) groups is 1. The summed E-state index contributed by atoms with van der Waals surface area (Å²) in [6.07, 6.45) is 0. The van der Waals surface area contributed by atoms with Gasteiger partial charge in [0.25, 0.3) is 0 Å². The SMILES string of the molecule is Cc1ccc(NC(=O)CN(C)Cc2csc(Br)c2)cc1C. The van der Waals surface area contributed by atoms with Gasteiger partial charge in [0, 0.05) is 12.2 Å². The van der Waals surface area contributed by atoms with Crippen molar-refractivity contribution in [2.75, 3.05) is 18.9 Å². The second kappa shape index (κ2) is 7.20. The van der Waals surface area contributed by atoms with Crippen molar-refractivity contribution in [1.29, 1.82) is 0 Å². The number of hydrogen-bond donors (Lipinski definition) is 1. The summed E-state index contributed by atoms with van der Waals surface area (Å²) < 4.78 is 1.12. The number of hydrogen-bond acceptors (Lipinski definition) is 3. The number of nitrogens with one attached hydrogen (secondary N) is 1. The first-order valence-corrected chi connectivity index (χ1v) is 8.40. The first-order valence-electron chi connectivity index (χ1n) is 6.72. The normalized spacial score (nSPS) is 10.9. The molecule has 0 atom stereocenters. The minimum Gasteiger partial charge on any atom is -0.325 e. The minimum atomic E-state index is 0.00930. The molecule has 0 bridgehead atoms. The van der Waals surface area contributed by atoms with Gasteiger partial charge in [0.2, 0.25) is 5.91 Å². The molecule has 0 fully saturated rings. The summed E-state index contributed by atoms with van der Waals surface area (Å²) >= 11 is 5.11. The molecule has 21 heavy (non-hydrogen) atoms. The molecule has 0 aliphatic carbocycles. The predicted molar refractivity (Wildman–Crippen MR) is 92.9 cm³/mol. The molecule has 0 radical (unpaired) electrons. The molecule has 3 nitrogen and oxygen atoms in total. The maximum atomic E-state index is 12.1. The van der Waals surface area contributed by atoms with E-state index in [2.05, 4.69) is 39.6 Å². The summed E-state index contributed by atoms with van der Waals surface area (Å²) in [5.74, 6) is 0.00930. The van der Waals surface area contributed by atoms with Gasteiger partial charge in [-0.05, 0) is 77.1 Å². The topological polar surface area (TPSA) is 32.3 Å². The molecule has 2 rings (SSSR count). The summed E-state index contributed by atoms with van der Waals surface area (Å²) in [5, 5.41) is 5.04. The lowest BCUT2D eigenvalue weighted by molar-refractivity contribution is -0.117. The van der Waals surface area contributed by atoms with Crippen LogP contribution >= 0.6 is 27.3 Å². The van der Waals surface area contributed by atoms with E-state index in [9.17, 15) is 4.79 Å². The first-order chi connectivity index (χ1) is 9.94. The van der Waals surface area contributed by atoms with Crippen LogP contribution in [0.5, 0.6) is 0 Å². The monoisotopic (exact) mass is 366 g/mol. The Kier molecular flexibility index (Phi) is 5.56. The molecule has 1 aromatic heterocycles. The standard InChI is InChI=1S/C16H19BrN2OS/c1-11-4-5-14(6-12(11)2)18-16(20)9-19(3)8-13-7-15(17)21-10-13/h4-7,10H,8-9H2,1-3H3,(H,18,20). The lowest BCUT2D eigenvalue weighted by atomic mass is 10.1. The second-order valence-electron chi connectivity index (χ2n) is 5.28. The van der Waals surface area contributed by atoms with Gasteiger partial charge >= 0.3 is 0 Å². The van der Waals surface area contributed by atoms with Crippen LogP contribution in [0.15, 0.2) is 33.4 Å². The molecule has 5 heteroatoms. The van der Waals surface area contributed by atoms with E-state index in [0.717, 1.165) is 16.0 Å². The van der Waals surface area contributed by atoms with E-state index < -0.39 is 0 Å². The maximum Gasteiger partial charge on any atom is 0.238 e. The molecule has 0 aliphatic rings. The second-order valence-corrected chi connectivity index (χ2v) is 7.57. The van der Waals surface area contributed by atoms with Gasteiger partial charge < -0.3 is 5.32 Å². The number of thiophene rings is 1. The zero-order valence-corrected chi connectivity index (χ0v) is 14.8. The van der Waals surface area contributed by atoms with Gasteiger partial charge in [0.15, 0.2) is 0 Å². The van der Waals surface area contributed by atoms with E-state index in [0.29, 0.717) is 6.54 Å². The minimum absolute atomic E-state index is 0.00930. The largest absolute Gasteiger partial charge is 0.325 e. The lowest BCUT2D eigenvalue weighted by Gasteiger charge is -2.15. The lowest BCUT2D eigenvalue weighted by Crippen LogP contribution is -2.29. The van der Waals surface area contributed by atoms with Crippen LogP contribution in [0.4, 0.5) is 5.69 Å². The summed E-state index contributed by atoms with van der Waals surface area (Å²) in [7, 11) is 1.95. The van der Waals surface area contributed by atoms with Crippen molar-refractivity contribution in [1.82, 2.24) is 4.90 Å². The number of carbonyl (C=O) groups excluding carboxylic acids is 1. The summed E-state index contributed by atoms with van der Waals surface area (Å²) in [5.41, 5.74) is 4.49. The number of nitrogens with zero attached hydrogens (tertiary/aromatic N) is 1. The molecular formula is C16H19BrN2OS. The summed E-state index contributed by atoms with van der Waals surface area (Å²) in [6, 6.07) is 8.05. The number of rotatable bonds is 5. The Hall–Kier alpha value is -1.17. The van der Waals surface area contributed by atoms with Gasteiger partial charge in [-0.25, -0.2) is 0 Å². The Morgan fingerprint density at radius 2 is 2.05 bits per heavy atom. The van der Waals surface area contributed by atoms with Crippen LogP contribution in [0.3, 0.4) is 0 Å². The molecule has 1 N–H and O–H groups in total. The quantitative estimate of drug-likeness (QED) is 0.859. The van der Waals surface area contributed by atoms with Gasteiger partial charge in [-0.3, -0.25) is 9.69 Å². The van der Waals surface area contributed by atoms with Crippen molar-refractivity contribution in [3.8, 4) is 0 Å². The number of benzene rings is 1. The molecule has 2 aromatic rings. The van der Waals surface area contributed by atoms with Crippen LogP contribution in [0.25, 0.3) is 0 Å². The molecule has 1 heterocycles. The average Bonchev–Trinajstić information content (AvgIpc) is 2.79. The van der Waals surface area contributed by atoms with E-state index >= 15 is 0 Å². The fourth-order valence-electron chi connectivity index (χ4n) is 2.06. The van der Waals surface area contributed by atoms with Crippen LogP contribution in [0.1, 0.15) is 16.7 Å². The Labute approximate surface area is 138 Å². The molecule has 112 valence electrons. The predicted octanol–water partition coefficient (Wildman–Crippen LogP) is 4.20. The third-order valence-corrected chi connectivity index (χ3v) is 4.83. The molecule has 1 amide bonds. The van der Waals surface area contributed by atoms with E-state index in [-0.39, 0.29) is 5.91 Å². The summed E-state index contributed by atoms with van der Waals surface area (Å²) in [6.45, 7) is 5.25. The van der Waals surface area contributed by atoms with Crippen LogP contribution in [-0.2, 0) is 11.3 Å². The number of aryl methyl sites for hydroxylation is 2. The fourth-order valence-corrected chi connectivity index (χ4v) is 3.26. The summed E-state index contributed by atoms with van der Waals surface area (Å²) in [4.78, 5) is 14.1. The highest BCUT2D eigenvalue weighted by atomic mass is 79.9. The Morgan fingerprint density at radius 3 is 2.67 bits per heavy atom. The Bertz CT molecular complexity index is 639. The molecule has 0 saturated heterocycles. The van der Waals surface area contributed by atoms with Gasteiger partial charge in [-0.15, -0.1) is 11.3 Å². The van der Waals surface area contributed by atoms with Crippen molar-refractivity contribution < 1.29 is 4.79 Å². The molecule has 0 spiro atoms. The van der Waals surface area contributed by atoms with Crippen LogP contribution in [0.2, 0.25) is 0 Å². The van der Waals surface area contributed by atoms with Gasteiger partial charge in [0.1, 0.15) is 0 Å². The van der Waals surface area contributed by atoms with Crippen LogP contribution in [-0.4, -0.2) is 24.4 Å². The van der Waals surface area contributed by atoms with Gasteiger partial charge in [-0.2, -0.15) is 0 Å². The van der Waals surface area contributed by atoms with Crippen LogP contribution in [0, 0.1) is 13.8 Å². The van der Waals surface area contributed by atoms with Crippen molar-refractivity contribution in [3.05, 3.63) is 50.1 Å². The van der Waals surface area contributed by atoms with E-state index in [1.165, 1.54) is 16.7 Å². The average molecular weight is 367 g/mol. The smallest absolute Gasteiger partial charge is 0.238 e. The molecular weight excluding hydrogens is 348 g/mol. The van der Waals surface area contributed by atoms with E-state index in [1.807, 2.05) is 37.1 Å². The zero-order valence-electron chi connectivity index (χ0n) is 12.4. The van der Waals surface area contributed by atoms with Crippen molar-refractivity contribution in [3.63, 3.8) is 0 Å². The zero-order chi connectivity index (χ0) is 15.4. The number of likely N-dealkylation sites (N-methyl/N-ethyl adjacent to an activating group) is 1. The number of anilines is 1. The fraction of sp³-hybridized carbons (Fsp3) is 0.312. The Balaban J connectivity index is 1.87. The highest BCUT2D eigenvalue weighted by Crippen LogP contribution is 2.21. The van der Waals surface area contributed by atoms with Crippen LogP contribution < -0.4 is 5.32 Å². The van der Waals surface area contributed by atoms with Gasteiger partial charge in [0.05, 0.1) is 10.3 Å². The molecule has 0 unspecified atom stereocenters. The molecule has 0 aliphatic heterocycles. The number of halogens is 1. The highest BCUT2D eigenvalue weighted by molar-refractivity contribution is 9.11. The molecule has 0 saturated carbocycles. The van der Waals surface area contributed by atoms with Gasteiger partial charge in [-0.1, -0.05) is 6.07 Å². The third-order valence-electron chi connectivity index (χ3n) is 3.28. The first kappa shape index (κ1) is 16.2. The third kappa shape index (κ3) is 4.95. The van der Waals surface area contributed by atoms with Crippen molar-refractivity contribution in [2.45, 2.75) is 20.4 Å². The van der Waals surface area contributed by atoms with E-state index in [1.54, 1.807) is 11.3 Å². The highest BCUT2D eigenvalue weighted by Gasteiger charge is 2.09. The molecule has 1 aromatic carbocycles. The van der Waals surface area contributed by atoms with Crippen molar-refractivity contribution >= 4 is 38.9 Å². The van der Waals surface area contributed by atoms with Crippen molar-refractivity contribution in [2.24, 2.45) is 0 Å². The van der Waals surface area contributed by atoms with E-state index in [4.69, 9.17) is 0 Å². The maximum absolute atomic E-state index is 12.1. The number of amides is 1.